The van der Waals surface area contributed by atoms with Crippen molar-refractivity contribution in [2.45, 2.75) is 13.5 Å². The molecule has 0 saturated carbocycles. The van der Waals surface area contributed by atoms with Crippen molar-refractivity contribution in [3.05, 3.63) is 106 Å². The van der Waals surface area contributed by atoms with Crippen LogP contribution in [0.5, 0.6) is 5.75 Å². The smallest absolute Gasteiger partial charge is 0.258 e. The largest absolute Gasteiger partial charge is 0.487 e. The number of pyridine rings is 1. The molecule has 2 aromatic heterocycles. The molecule has 0 radical (unpaired) electrons. The van der Waals surface area contributed by atoms with Crippen LogP contribution in [0.3, 0.4) is 0 Å². The van der Waals surface area contributed by atoms with E-state index >= 15 is 0 Å². The molecule has 0 aliphatic heterocycles. The summed E-state index contributed by atoms with van der Waals surface area (Å²) in [6, 6.07) is 17.6. The Morgan fingerprint density at radius 1 is 1.10 bits per heavy atom. The minimum Gasteiger partial charge on any atom is -0.487 e. The molecule has 0 bridgehead atoms. The summed E-state index contributed by atoms with van der Waals surface area (Å²) in [6.45, 7) is 2.02. The van der Waals surface area contributed by atoms with Crippen LogP contribution in [0, 0.1) is 12.7 Å². The van der Waals surface area contributed by atoms with Crippen LogP contribution in [0.25, 0.3) is 5.65 Å². The molecule has 0 atom stereocenters. The summed E-state index contributed by atoms with van der Waals surface area (Å²) in [5, 5.41) is 2.64. The average molecular weight is 403 g/mol. The first-order valence-corrected chi connectivity index (χ1v) is 9.28. The second-order valence-electron chi connectivity index (χ2n) is 6.72. The normalized spacial score (nSPS) is 10.7. The Balaban J connectivity index is 1.44. The molecule has 2 aromatic carbocycles. The second kappa shape index (κ2) is 8.16. The summed E-state index contributed by atoms with van der Waals surface area (Å²) in [6.07, 6.45) is 1.68. The Kier molecular flexibility index (Phi) is 5.26. The van der Waals surface area contributed by atoms with Crippen LogP contribution in [0.15, 0.2) is 77.7 Å². The van der Waals surface area contributed by atoms with Crippen molar-refractivity contribution in [3.63, 3.8) is 0 Å². The van der Waals surface area contributed by atoms with Crippen LogP contribution >= 0.6 is 0 Å². The van der Waals surface area contributed by atoms with Gasteiger partial charge in [0.1, 0.15) is 23.8 Å². The number of anilines is 1. The molecule has 30 heavy (non-hydrogen) atoms. The maximum atomic E-state index is 13.7. The van der Waals surface area contributed by atoms with Crippen LogP contribution in [-0.4, -0.2) is 15.3 Å². The predicted molar refractivity (Wildman–Crippen MR) is 111 cm³/mol. The number of hydrogen-bond acceptors (Lipinski definition) is 4. The standard InChI is InChI=1S/C23H18FN3O3/c1-15-5-4-12-27-21(28)13-17(25-22(15)27)14-30-18-10-8-16(9-11-18)26-23(29)19-6-2-3-7-20(19)24/h2-13H,14H2,1H3,(H,26,29). The van der Waals surface area contributed by atoms with Crippen LogP contribution < -0.4 is 15.6 Å². The molecular weight excluding hydrogens is 385 g/mol. The van der Waals surface area contributed by atoms with Crippen LogP contribution in [-0.2, 0) is 6.61 Å². The van der Waals surface area contributed by atoms with Gasteiger partial charge in [-0.15, -0.1) is 0 Å². The molecule has 7 heteroatoms. The highest BCUT2D eigenvalue weighted by molar-refractivity contribution is 6.04. The summed E-state index contributed by atoms with van der Waals surface area (Å²) in [4.78, 5) is 28.9. The van der Waals surface area contributed by atoms with Gasteiger partial charge in [0.25, 0.3) is 11.5 Å². The van der Waals surface area contributed by atoms with E-state index in [0.29, 0.717) is 22.8 Å². The quantitative estimate of drug-likeness (QED) is 0.547. The topological polar surface area (TPSA) is 72.7 Å². The lowest BCUT2D eigenvalue weighted by Crippen LogP contribution is -2.17. The first-order chi connectivity index (χ1) is 14.5. The molecule has 4 rings (SSSR count). The number of aromatic nitrogens is 2. The molecule has 4 aromatic rings. The zero-order valence-corrected chi connectivity index (χ0v) is 16.1. The molecule has 150 valence electrons. The van der Waals surface area contributed by atoms with Crippen molar-refractivity contribution in [2.75, 3.05) is 5.32 Å². The van der Waals surface area contributed by atoms with Gasteiger partial charge in [0, 0.05) is 18.0 Å². The van der Waals surface area contributed by atoms with Gasteiger partial charge in [0.05, 0.1) is 11.3 Å². The third kappa shape index (κ3) is 4.05. The minimum absolute atomic E-state index is 0.0261. The van der Waals surface area contributed by atoms with Gasteiger partial charge in [-0.05, 0) is 55.0 Å². The summed E-state index contributed by atoms with van der Waals surface area (Å²) < 4.78 is 20.9. The summed E-state index contributed by atoms with van der Waals surface area (Å²) in [5.74, 6) is -0.562. The first kappa shape index (κ1) is 19.3. The van der Waals surface area contributed by atoms with Gasteiger partial charge in [0.2, 0.25) is 0 Å². The predicted octanol–water partition coefficient (Wildman–Crippen LogP) is 3.97. The molecule has 6 nitrogen and oxygen atoms in total. The zero-order chi connectivity index (χ0) is 21.1. The lowest BCUT2D eigenvalue weighted by molar-refractivity contribution is 0.102. The summed E-state index contributed by atoms with van der Waals surface area (Å²) >= 11 is 0. The van der Waals surface area contributed by atoms with E-state index in [4.69, 9.17) is 4.74 Å². The zero-order valence-electron chi connectivity index (χ0n) is 16.1. The number of amides is 1. The van der Waals surface area contributed by atoms with Gasteiger partial charge in [0.15, 0.2) is 0 Å². The van der Waals surface area contributed by atoms with E-state index in [1.54, 1.807) is 42.6 Å². The third-order valence-corrected chi connectivity index (χ3v) is 4.56. The molecule has 2 heterocycles. The van der Waals surface area contributed by atoms with E-state index in [0.717, 1.165) is 5.56 Å². The Hall–Kier alpha value is -4.00. The fourth-order valence-corrected chi connectivity index (χ4v) is 3.02. The minimum atomic E-state index is -0.580. The van der Waals surface area contributed by atoms with Crippen molar-refractivity contribution < 1.29 is 13.9 Å². The first-order valence-electron chi connectivity index (χ1n) is 9.28. The number of nitrogens with one attached hydrogen (secondary N) is 1. The molecule has 0 spiro atoms. The van der Waals surface area contributed by atoms with Crippen molar-refractivity contribution in [2.24, 2.45) is 0 Å². The van der Waals surface area contributed by atoms with E-state index in [1.165, 1.54) is 28.7 Å². The number of rotatable bonds is 5. The molecule has 0 saturated heterocycles. The van der Waals surface area contributed by atoms with Crippen LogP contribution in [0.2, 0.25) is 0 Å². The van der Waals surface area contributed by atoms with E-state index in [-0.39, 0.29) is 17.7 Å². The fraction of sp³-hybridized carbons (Fsp3) is 0.0870. The molecule has 0 aliphatic carbocycles. The summed E-state index contributed by atoms with van der Waals surface area (Å²) in [5.41, 5.74) is 2.32. The highest BCUT2D eigenvalue weighted by Gasteiger charge is 2.11. The average Bonchev–Trinajstić information content (AvgIpc) is 2.74. The van der Waals surface area contributed by atoms with Gasteiger partial charge < -0.3 is 10.1 Å². The molecule has 0 unspecified atom stereocenters. The maximum absolute atomic E-state index is 13.7. The van der Waals surface area contributed by atoms with E-state index in [1.807, 2.05) is 13.0 Å². The van der Waals surface area contributed by atoms with Gasteiger partial charge in [-0.3, -0.25) is 14.0 Å². The van der Waals surface area contributed by atoms with Crippen molar-refractivity contribution in [1.29, 1.82) is 0 Å². The van der Waals surface area contributed by atoms with E-state index in [2.05, 4.69) is 10.3 Å². The molecule has 1 N–H and O–H groups in total. The number of nitrogens with zero attached hydrogens (tertiary/aromatic N) is 2. The Labute approximate surface area is 171 Å². The maximum Gasteiger partial charge on any atom is 0.258 e. The Morgan fingerprint density at radius 3 is 2.63 bits per heavy atom. The van der Waals surface area contributed by atoms with Gasteiger partial charge in [-0.2, -0.15) is 0 Å². The SMILES string of the molecule is Cc1cccn2c(=O)cc(COc3ccc(NC(=O)c4ccccc4F)cc3)nc12. The number of halogens is 1. The Morgan fingerprint density at radius 2 is 1.87 bits per heavy atom. The summed E-state index contributed by atoms with van der Waals surface area (Å²) in [7, 11) is 0. The number of ether oxygens (including phenoxy) is 1. The Bertz CT molecular complexity index is 1280. The highest BCUT2D eigenvalue weighted by Crippen LogP contribution is 2.18. The van der Waals surface area contributed by atoms with Crippen LogP contribution in [0.4, 0.5) is 10.1 Å². The van der Waals surface area contributed by atoms with E-state index in [9.17, 15) is 14.0 Å². The van der Waals surface area contributed by atoms with Crippen molar-refractivity contribution in [1.82, 2.24) is 9.38 Å². The monoisotopic (exact) mass is 403 g/mol. The van der Waals surface area contributed by atoms with Gasteiger partial charge in [-0.25, -0.2) is 9.37 Å². The molecule has 1 amide bonds. The lowest BCUT2D eigenvalue weighted by atomic mass is 10.2. The number of aryl methyl sites for hydroxylation is 1. The number of carbonyl (C=O) groups is 1. The molecular formula is C23H18FN3O3. The third-order valence-electron chi connectivity index (χ3n) is 4.56. The number of hydrogen-bond donors (Lipinski definition) is 1. The lowest BCUT2D eigenvalue weighted by Gasteiger charge is -2.10. The van der Waals surface area contributed by atoms with Crippen molar-refractivity contribution in [3.8, 4) is 5.75 Å². The van der Waals surface area contributed by atoms with E-state index < -0.39 is 11.7 Å². The molecule has 0 fully saturated rings. The number of fused-ring (bicyclic) bond motifs is 1. The van der Waals surface area contributed by atoms with Gasteiger partial charge in [-0.1, -0.05) is 18.2 Å². The fourth-order valence-electron chi connectivity index (χ4n) is 3.02. The van der Waals surface area contributed by atoms with Gasteiger partial charge >= 0.3 is 0 Å². The molecule has 0 aliphatic rings. The number of benzene rings is 2. The number of carbonyl (C=O) groups excluding carboxylic acids is 1. The van der Waals surface area contributed by atoms with Crippen molar-refractivity contribution >= 4 is 17.2 Å². The second-order valence-corrected chi connectivity index (χ2v) is 6.72. The highest BCUT2D eigenvalue weighted by atomic mass is 19.1. The van der Waals surface area contributed by atoms with Crippen LogP contribution in [0.1, 0.15) is 21.6 Å².